The molecule has 5 nitrogen and oxygen atoms in total. The Kier molecular flexibility index (Phi) is 6.29. The molecule has 0 atom stereocenters. The van der Waals surface area contributed by atoms with E-state index < -0.39 is 0 Å². The lowest BCUT2D eigenvalue weighted by molar-refractivity contribution is 0.102. The van der Waals surface area contributed by atoms with Gasteiger partial charge in [0.25, 0.3) is 5.91 Å². The Morgan fingerprint density at radius 3 is 2.25 bits per heavy atom. The monoisotopic (exact) mass is 326 g/mol. The molecule has 0 radical (unpaired) electrons. The summed E-state index contributed by atoms with van der Waals surface area (Å²) >= 11 is 0. The molecule has 0 aliphatic heterocycles. The van der Waals surface area contributed by atoms with Gasteiger partial charge < -0.3 is 10.2 Å². The number of benzene rings is 1. The maximum atomic E-state index is 12.5. The summed E-state index contributed by atoms with van der Waals surface area (Å²) in [5, 5.41) is 2.90. The summed E-state index contributed by atoms with van der Waals surface area (Å²) in [5.74, 6) is 0.423. The van der Waals surface area contributed by atoms with Gasteiger partial charge in [-0.05, 0) is 44.9 Å². The molecule has 1 amide bonds. The lowest BCUT2D eigenvalue weighted by Crippen LogP contribution is -2.28. The van der Waals surface area contributed by atoms with E-state index in [1.54, 1.807) is 6.07 Å². The highest BCUT2D eigenvalue weighted by Gasteiger charge is 2.14. The minimum atomic E-state index is -0.210. The minimum Gasteiger partial charge on any atom is -0.341 e. The third-order valence-corrected chi connectivity index (χ3v) is 3.65. The molecule has 0 saturated carbocycles. The molecule has 128 valence electrons. The molecule has 24 heavy (non-hydrogen) atoms. The number of nitrogens with one attached hydrogen (secondary N) is 1. The van der Waals surface area contributed by atoms with Gasteiger partial charge >= 0.3 is 0 Å². The normalized spacial score (nSPS) is 10.5. The average molecular weight is 326 g/mol. The fourth-order valence-corrected chi connectivity index (χ4v) is 2.49. The number of carbonyl (C=O) groups is 1. The molecule has 0 bridgehead atoms. The first kappa shape index (κ1) is 17.9. The lowest BCUT2D eigenvalue weighted by atomic mass is 10.2. The van der Waals surface area contributed by atoms with E-state index in [0.717, 1.165) is 42.9 Å². The predicted molar refractivity (Wildman–Crippen MR) is 98.7 cm³/mol. The molecule has 2 rings (SSSR count). The molecular formula is C19H26N4O. The highest BCUT2D eigenvalue weighted by atomic mass is 16.1. The fraction of sp³-hybridized carbons (Fsp3) is 0.421. The maximum Gasteiger partial charge on any atom is 0.274 e. The fourth-order valence-electron chi connectivity index (χ4n) is 2.49. The van der Waals surface area contributed by atoms with Gasteiger partial charge in [0, 0.05) is 24.5 Å². The summed E-state index contributed by atoms with van der Waals surface area (Å²) in [5.41, 5.74) is 3.12. The number of aromatic nitrogens is 2. The van der Waals surface area contributed by atoms with E-state index in [0.29, 0.717) is 11.6 Å². The van der Waals surface area contributed by atoms with Crippen LogP contribution in [0.5, 0.6) is 0 Å². The van der Waals surface area contributed by atoms with Crippen molar-refractivity contribution in [2.75, 3.05) is 23.3 Å². The number of amides is 1. The highest BCUT2D eigenvalue weighted by Crippen LogP contribution is 2.14. The van der Waals surface area contributed by atoms with E-state index in [2.05, 4.69) is 34.0 Å². The number of nitrogens with zero attached hydrogens (tertiary/aromatic N) is 3. The zero-order valence-corrected chi connectivity index (χ0v) is 15.0. The zero-order chi connectivity index (χ0) is 17.5. The van der Waals surface area contributed by atoms with E-state index in [1.165, 1.54) is 0 Å². The van der Waals surface area contributed by atoms with Crippen molar-refractivity contribution in [2.24, 2.45) is 0 Å². The second-order valence-electron chi connectivity index (χ2n) is 6.00. The Morgan fingerprint density at radius 2 is 1.67 bits per heavy atom. The summed E-state index contributed by atoms with van der Waals surface area (Å²) in [4.78, 5) is 23.7. The van der Waals surface area contributed by atoms with Crippen molar-refractivity contribution in [3.63, 3.8) is 0 Å². The first-order valence-corrected chi connectivity index (χ1v) is 8.52. The van der Waals surface area contributed by atoms with E-state index in [4.69, 9.17) is 0 Å². The zero-order valence-electron chi connectivity index (χ0n) is 15.0. The first-order chi connectivity index (χ1) is 11.5. The van der Waals surface area contributed by atoms with Crippen LogP contribution in [0.3, 0.4) is 0 Å². The van der Waals surface area contributed by atoms with Crippen molar-refractivity contribution < 1.29 is 4.79 Å². The summed E-state index contributed by atoms with van der Waals surface area (Å²) < 4.78 is 0. The summed E-state index contributed by atoms with van der Waals surface area (Å²) in [6.45, 7) is 9.94. The molecule has 1 aromatic carbocycles. The van der Waals surface area contributed by atoms with Gasteiger partial charge in [-0.15, -0.1) is 0 Å². The Hall–Kier alpha value is -2.43. The van der Waals surface area contributed by atoms with Crippen molar-refractivity contribution in [2.45, 2.75) is 40.5 Å². The van der Waals surface area contributed by atoms with E-state index in [1.807, 2.05) is 38.1 Å². The molecule has 1 heterocycles. The van der Waals surface area contributed by atoms with Crippen molar-refractivity contribution in [1.29, 1.82) is 0 Å². The van der Waals surface area contributed by atoms with Crippen molar-refractivity contribution >= 4 is 17.5 Å². The lowest BCUT2D eigenvalue weighted by Gasteiger charge is -2.22. The molecule has 0 unspecified atom stereocenters. The molecule has 0 spiro atoms. The second kappa shape index (κ2) is 8.43. The molecule has 2 aromatic rings. The Labute approximate surface area is 144 Å². The van der Waals surface area contributed by atoms with Gasteiger partial charge in [0.1, 0.15) is 5.69 Å². The van der Waals surface area contributed by atoms with Crippen LogP contribution in [0.4, 0.5) is 11.6 Å². The first-order valence-electron chi connectivity index (χ1n) is 8.52. The standard InChI is InChI=1S/C19H26N4O/c1-5-11-23(12-6-2)19-20-15(4)13-17(22-19)18(24)21-16-9-7-14(3)8-10-16/h7-10,13H,5-6,11-12H2,1-4H3,(H,21,24). The van der Waals surface area contributed by atoms with Crippen LogP contribution in [0.1, 0.15) is 48.4 Å². The topological polar surface area (TPSA) is 58.1 Å². The van der Waals surface area contributed by atoms with E-state index >= 15 is 0 Å². The Balaban J connectivity index is 2.22. The van der Waals surface area contributed by atoms with Crippen LogP contribution in [0.15, 0.2) is 30.3 Å². The molecule has 5 heteroatoms. The van der Waals surface area contributed by atoms with E-state index in [9.17, 15) is 4.79 Å². The molecule has 0 fully saturated rings. The average Bonchev–Trinajstić information content (AvgIpc) is 2.56. The van der Waals surface area contributed by atoms with Crippen molar-refractivity contribution in [3.05, 3.63) is 47.3 Å². The second-order valence-corrected chi connectivity index (χ2v) is 6.00. The number of anilines is 2. The molecule has 1 N–H and O–H groups in total. The SMILES string of the molecule is CCCN(CCC)c1nc(C)cc(C(=O)Nc2ccc(C)cc2)n1. The maximum absolute atomic E-state index is 12.5. The molecule has 0 aliphatic rings. The predicted octanol–water partition coefficient (Wildman–Crippen LogP) is 3.97. The van der Waals surface area contributed by atoms with Gasteiger partial charge in [-0.3, -0.25) is 4.79 Å². The quantitative estimate of drug-likeness (QED) is 0.836. The third kappa shape index (κ3) is 4.78. The summed E-state index contributed by atoms with van der Waals surface area (Å²) in [7, 11) is 0. The van der Waals surface area contributed by atoms with Gasteiger partial charge in [0.05, 0.1) is 0 Å². The van der Waals surface area contributed by atoms with Gasteiger partial charge in [-0.1, -0.05) is 31.5 Å². The minimum absolute atomic E-state index is 0.210. The number of carbonyl (C=O) groups excluding carboxylic acids is 1. The van der Waals surface area contributed by atoms with Crippen LogP contribution in [0, 0.1) is 13.8 Å². The summed E-state index contributed by atoms with van der Waals surface area (Å²) in [6, 6.07) is 9.45. The molecule has 0 aliphatic carbocycles. The van der Waals surface area contributed by atoms with Crippen LogP contribution in [-0.2, 0) is 0 Å². The van der Waals surface area contributed by atoms with Gasteiger partial charge in [-0.25, -0.2) is 9.97 Å². The van der Waals surface area contributed by atoms with Crippen LogP contribution in [0.2, 0.25) is 0 Å². The number of hydrogen-bond acceptors (Lipinski definition) is 4. The van der Waals surface area contributed by atoms with Crippen LogP contribution < -0.4 is 10.2 Å². The van der Waals surface area contributed by atoms with E-state index in [-0.39, 0.29) is 5.91 Å². The number of hydrogen-bond donors (Lipinski definition) is 1. The highest BCUT2D eigenvalue weighted by molar-refractivity contribution is 6.03. The van der Waals surface area contributed by atoms with Crippen LogP contribution in [-0.4, -0.2) is 29.0 Å². The third-order valence-electron chi connectivity index (χ3n) is 3.65. The molecule has 0 saturated heterocycles. The molecule has 1 aromatic heterocycles. The number of rotatable bonds is 7. The Morgan fingerprint density at radius 1 is 1.04 bits per heavy atom. The smallest absolute Gasteiger partial charge is 0.274 e. The largest absolute Gasteiger partial charge is 0.341 e. The summed E-state index contributed by atoms with van der Waals surface area (Å²) in [6.07, 6.45) is 2.03. The van der Waals surface area contributed by atoms with Crippen LogP contribution in [0.25, 0.3) is 0 Å². The van der Waals surface area contributed by atoms with Gasteiger partial charge in [-0.2, -0.15) is 0 Å². The van der Waals surface area contributed by atoms with Gasteiger partial charge in [0.2, 0.25) is 5.95 Å². The van der Waals surface area contributed by atoms with Crippen molar-refractivity contribution in [1.82, 2.24) is 9.97 Å². The van der Waals surface area contributed by atoms with Crippen LogP contribution >= 0.6 is 0 Å². The van der Waals surface area contributed by atoms with Gasteiger partial charge in [0.15, 0.2) is 0 Å². The Bertz CT molecular complexity index is 676. The molecular weight excluding hydrogens is 300 g/mol. The van der Waals surface area contributed by atoms with Crippen molar-refractivity contribution in [3.8, 4) is 0 Å². The number of aryl methyl sites for hydroxylation is 2.